The van der Waals surface area contributed by atoms with Crippen LogP contribution in [0.4, 0.5) is 5.69 Å². The molecule has 1 fully saturated rings. The number of carbonyl (C=O) groups is 1. The van der Waals surface area contributed by atoms with Gasteiger partial charge in [-0.2, -0.15) is 5.26 Å². The van der Waals surface area contributed by atoms with Gasteiger partial charge < -0.3 is 5.32 Å². The smallest absolute Gasteiger partial charge is 0.241 e. The van der Waals surface area contributed by atoms with E-state index < -0.39 is 0 Å². The van der Waals surface area contributed by atoms with Crippen LogP contribution in [0.1, 0.15) is 32.3 Å². The fraction of sp³-hybridized carbons (Fsp3) is 0.500. The van der Waals surface area contributed by atoms with Crippen molar-refractivity contribution in [3.63, 3.8) is 0 Å². The molecule has 2 atom stereocenters. The van der Waals surface area contributed by atoms with Gasteiger partial charge in [-0.15, -0.1) is 0 Å². The molecular weight excluding hydrogens is 250 g/mol. The van der Waals surface area contributed by atoms with Gasteiger partial charge in [-0.3, -0.25) is 9.69 Å². The zero-order valence-electron chi connectivity index (χ0n) is 12.1. The van der Waals surface area contributed by atoms with Crippen LogP contribution in [0, 0.1) is 17.2 Å². The van der Waals surface area contributed by atoms with Crippen LogP contribution in [-0.2, 0) is 4.79 Å². The molecule has 1 saturated heterocycles. The fourth-order valence-electron chi connectivity index (χ4n) is 2.66. The maximum atomic E-state index is 12.3. The quantitative estimate of drug-likeness (QED) is 0.919. The molecule has 0 radical (unpaired) electrons. The lowest BCUT2D eigenvalue weighted by Gasteiger charge is -2.34. The van der Waals surface area contributed by atoms with Gasteiger partial charge in [-0.05, 0) is 50.4 Å². The Labute approximate surface area is 120 Å². The van der Waals surface area contributed by atoms with Crippen LogP contribution in [-0.4, -0.2) is 29.9 Å². The molecule has 1 heterocycles. The van der Waals surface area contributed by atoms with Crippen molar-refractivity contribution in [3.8, 4) is 6.07 Å². The maximum absolute atomic E-state index is 12.3. The van der Waals surface area contributed by atoms with Crippen molar-refractivity contribution in [2.24, 2.45) is 5.92 Å². The van der Waals surface area contributed by atoms with E-state index in [-0.39, 0.29) is 11.9 Å². The molecule has 4 nitrogen and oxygen atoms in total. The molecule has 0 spiro atoms. The van der Waals surface area contributed by atoms with Crippen LogP contribution in [0.3, 0.4) is 0 Å². The first kappa shape index (κ1) is 14.5. The Kier molecular flexibility index (Phi) is 4.75. The van der Waals surface area contributed by atoms with Gasteiger partial charge in [0, 0.05) is 12.2 Å². The van der Waals surface area contributed by atoms with Crippen molar-refractivity contribution in [1.82, 2.24) is 4.90 Å². The second-order valence-corrected chi connectivity index (χ2v) is 5.60. The fourth-order valence-corrected chi connectivity index (χ4v) is 2.66. The first-order chi connectivity index (χ1) is 9.60. The molecule has 1 amide bonds. The minimum absolute atomic E-state index is 0.00538. The lowest BCUT2D eigenvalue weighted by Crippen LogP contribution is -2.46. The monoisotopic (exact) mass is 271 g/mol. The molecule has 0 saturated carbocycles. The van der Waals surface area contributed by atoms with Crippen LogP contribution >= 0.6 is 0 Å². The van der Waals surface area contributed by atoms with E-state index in [0.29, 0.717) is 17.2 Å². The number of nitriles is 1. The van der Waals surface area contributed by atoms with Gasteiger partial charge >= 0.3 is 0 Å². The number of hydrogen-bond acceptors (Lipinski definition) is 3. The Balaban J connectivity index is 1.98. The molecule has 20 heavy (non-hydrogen) atoms. The summed E-state index contributed by atoms with van der Waals surface area (Å²) in [5.74, 6) is 0.648. The van der Waals surface area contributed by atoms with Crippen LogP contribution in [0.25, 0.3) is 0 Å². The Morgan fingerprint density at radius 2 is 2.35 bits per heavy atom. The number of carbonyl (C=O) groups excluding carboxylic acids is 1. The van der Waals surface area contributed by atoms with Crippen molar-refractivity contribution >= 4 is 11.6 Å². The van der Waals surface area contributed by atoms with E-state index in [2.05, 4.69) is 23.2 Å². The first-order valence-electron chi connectivity index (χ1n) is 7.15. The van der Waals surface area contributed by atoms with Gasteiger partial charge in [-0.1, -0.05) is 13.0 Å². The largest absolute Gasteiger partial charge is 0.325 e. The van der Waals surface area contributed by atoms with Crippen LogP contribution < -0.4 is 5.32 Å². The van der Waals surface area contributed by atoms with Crippen molar-refractivity contribution in [1.29, 1.82) is 5.26 Å². The predicted octanol–water partition coefficient (Wildman–Crippen LogP) is 2.62. The number of rotatable bonds is 3. The third-order valence-corrected chi connectivity index (χ3v) is 3.87. The average molecular weight is 271 g/mol. The van der Waals surface area contributed by atoms with Gasteiger partial charge in [0.05, 0.1) is 17.7 Å². The molecule has 1 N–H and O–H groups in total. The number of amides is 1. The Bertz CT molecular complexity index is 521. The lowest BCUT2D eigenvalue weighted by atomic mass is 9.99. The molecule has 0 aromatic heterocycles. The minimum atomic E-state index is -0.136. The Morgan fingerprint density at radius 1 is 1.55 bits per heavy atom. The van der Waals surface area contributed by atoms with E-state index in [1.54, 1.807) is 18.2 Å². The maximum Gasteiger partial charge on any atom is 0.241 e. The van der Waals surface area contributed by atoms with E-state index in [4.69, 9.17) is 5.26 Å². The molecule has 1 aromatic rings. The van der Waals surface area contributed by atoms with Gasteiger partial charge in [-0.25, -0.2) is 0 Å². The van der Waals surface area contributed by atoms with Crippen LogP contribution in [0.2, 0.25) is 0 Å². The van der Waals surface area contributed by atoms with Crippen LogP contribution in [0.5, 0.6) is 0 Å². The number of anilines is 1. The van der Waals surface area contributed by atoms with Crippen molar-refractivity contribution < 1.29 is 4.79 Å². The van der Waals surface area contributed by atoms with Gasteiger partial charge in [0.1, 0.15) is 0 Å². The summed E-state index contributed by atoms with van der Waals surface area (Å²) in [4.78, 5) is 14.5. The topological polar surface area (TPSA) is 56.1 Å². The van der Waals surface area contributed by atoms with Gasteiger partial charge in [0.2, 0.25) is 5.91 Å². The highest BCUT2D eigenvalue weighted by Crippen LogP contribution is 2.18. The third-order valence-electron chi connectivity index (χ3n) is 3.87. The Morgan fingerprint density at radius 3 is 3.05 bits per heavy atom. The number of nitrogens with zero attached hydrogens (tertiary/aromatic N) is 2. The van der Waals surface area contributed by atoms with E-state index >= 15 is 0 Å². The first-order valence-corrected chi connectivity index (χ1v) is 7.15. The molecule has 0 aliphatic carbocycles. The summed E-state index contributed by atoms with van der Waals surface area (Å²) in [7, 11) is 0. The molecule has 1 aliphatic rings. The average Bonchev–Trinajstić information content (AvgIpc) is 2.46. The van der Waals surface area contributed by atoms with Crippen molar-refractivity contribution in [2.75, 3.05) is 18.4 Å². The molecule has 0 unspecified atom stereocenters. The highest BCUT2D eigenvalue weighted by Gasteiger charge is 2.25. The molecule has 4 heteroatoms. The molecule has 0 bridgehead atoms. The molecule has 106 valence electrons. The van der Waals surface area contributed by atoms with Gasteiger partial charge in [0.15, 0.2) is 0 Å². The van der Waals surface area contributed by atoms with E-state index in [9.17, 15) is 4.79 Å². The van der Waals surface area contributed by atoms with Crippen molar-refractivity contribution in [3.05, 3.63) is 29.8 Å². The number of likely N-dealkylation sites (tertiary alicyclic amines) is 1. The SMILES string of the molecule is C[C@H]1CCCN([C@@H](C)C(=O)Nc2cccc(C#N)c2)C1. The van der Waals surface area contributed by atoms with E-state index in [0.717, 1.165) is 19.5 Å². The third kappa shape index (κ3) is 3.58. The number of benzene rings is 1. The summed E-state index contributed by atoms with van der Waals surface area (Å²) < 4.78 is 0. The highest BCUT2D eigenvalue weighted by molar-refractivity contribution is 5.94. The number of hydrogen-bond donors (Lipinski definition) is 1. The minimum Gasteiger partial charge on any atom is -0.325 e. The number of piperidine rings is 1. The predicted molar refractivity (Wildman–Crippen MR) is 79.2 cm³/mol. The lowest BCUT2D eigenvalue weighted by molar-refractivity contribution is -0.121. The molecule has 1 aromatic carbocycles. The van der Waals surface area contributed by atoms with Crippen molar-refractivity contribution in [2.45, 2.75) is 32.7 Å². The highest BCUT2D eigenvalue weighted by atomic mass is 16.2. The van der Waals surface area contributed by atoms with Gasteiger partial charge in [0.25, 0.3) is 0 Å². The summed E-state index contributed by atoms with van der Waals surface area (Å²) in [6.45, 7) is 6.14. The second-order valence-electron chi connectivity index (χ2n) is 5.60. The summed E-state index contributed by atoms with van der Waals surface area (Å²) in [6.07, 6.45) is 2.40. The van der Waals surface area contributed by atoms with Crippen LogP contribution in [0.15, 0.2) is 24.3 Å². The molecule has 2 rings (SSSR count). The summed E-state index contributed by atoms with van der Waals surface area (Å²) in [6, 6.07) is 8.96. The summed E-state index contributed by atoms with van der Waals surface area (Å²) in [5.41, 5.74) is 1.24. The number of nitrogens with one attached hydrogen (secondary N) is 1. The zero-order chi connectivity index (χ0) is 14.5. The summed E-state index contributed by atoms with van der Waals surface area (Å²) >= 11 is 0. The molecule has 1 aliphatic heterocycles. The van der Waals surface area contributed by atoms with E-state index in [1.165, 1.54) is 6.42 Å². The Hall–Kier alpha value is -1.86. The summed E-state index contributed by atoms with van der Waals surface area (Å²) in [5, 5.41) is 11.8. The molecular formula is C16H21N3O. The zero-order valence-corrected chi connectivity index (χ0v) is 12.1. The van der Waals surface area contributed by atoms with E-state index in [1.807, 2.05) is 13.0 Å². The standard InChI is InChI=1S/C16H21N3O/c1-12-5-4-8-19(11-12)13(2)16(20)18-15-7-3-6-14(9-15)10-17/h3,6-7,9,12-13H,4-5,8,11H2,1-2H3,(H,18,20)/t12-,13-/m0/s1. The second kappa shape index (κ2) is 6.53. The normalized spacial score (nSPS) is 20.9.